The molecule has 0 aliphatic heterocycles. The lowest BCUT2D eigenvalue weighted by atomic mass is 9.75. The molecule has 0 heterocycles. The van der Waals surface area contributed by atoms with Gasteiger partial charge in [0.25, 0.3) is 0 Å². The molecule has 0 radical (unpaired) electrons. The molecule has 0 aromatic carbocycles. The van der Waals surface area contributed by atoms with Crippen molar-refractivity contribution in [2.24, 2.45) is 11.7 Å². The topological polar surface area (TPSA) is 52.7 Å². The average molecular weight is 255 g/mol. The molecule has 2 aliphatic carbocycles. The third-order valence-electron chi connectivity index (χ3n) is 5.03. The molecule has 2 rings (SSSR count). The molecule has 2 saturated carbocycles. The Labute approximate surface area is 111 Å². The second kappa shape index (κ2) is 5.08. The Balaban J connectivity index is 1.89. The highest BCUT2D eigenvalue weighted by molar-refractivity contribution is 5.01. The molecule has 2 aliphatic rings. The van der Waals surface area contributed by atoms with Gasteiger partial charge in [-0.1, -0.05) is 0 Å². The van der Waals surface area contributed by atoms with E-state index in [2.05, 4.69) is 30.9 Å². The number of nitrogens with two attached hydrogens (primary N) is 1. The van der Waals surface area contributed by atoms with Gasteiger partial charge in [0.15, 0.2) is 0 Å². The van der Waals surface area contributed by atoms with Crippen molar-refractivity contribution in [3.05, 3.63) is 0 Å². The molecule has 18 heavy (non-hydrogen) atoms. The summed E-state index contributed by atoms with van der Waals surface area (Å²) in [4.78, 5) is 4.63. The Morgan fingerprint density at radius 3 is 2.22 bits per heavy atom. The van der Waals surface area contributed by atoms with Crippen molar-refractivity contribution in [3.8, 4) is 0 Å². The van der Waals surface area contributed by atoms with Crippen LogP contribution in [0.3, 0.4) is 0 Å². The van der Waals surface area contributed by atoms with Gasteiger partial charge in [-0.2, -0.15) is 0 Å². The van der Waals surface area contributed by atoms with Crippen molar-refractivity contribution in [2.45, 2.75) is 43.2 Å². The van der Waals surface area contributed by atoms with Gasteiger partial charge in [-0.15, -0.1) is 0 Å². The van der Waals surface area contributed by atoms with Gasteiger partial charge < -0.3 is 20.6 Å². The fraction of sp³-hybridized carbons (Fsp3) is 1.00. The zero-order valence-electron chi connectivity index (χ0n) is 12.2. The number of likely N-dealkylation sites (N-methyl/N-ethyl adjacent to an activating group) is 2. The van der Waals surface area contributed by atoms with E-state index in [1.165, 1.54) is 19.3 Å². The third-order valence-corrected chi connectivity index (χ3v) is 5.03. The summed E-state index contributed by atoms with van der Waals surface area (Å²) in [5, 5.41) is 10.6. The summed E-state index contributed by atoms with van der Waals surface area (Å²) in [6, 6.07) is 0. The van der Waals surface area contributed by atoms with E-state index in [0.717, 1.165) is 19.4 Å². The lowest BCUT2D eigenvalue weighted by Crippen LogP contribution is -2.59. The van der Waals surface area contributed by atoms with E-state index in [9.17, 15) is 5.11 Å². The van der Waals surface area contributed by atoms with Crippen molar-refractivity contribution in [3.63, 3.8) is 0 Å². The minimum Gasteiger partial charge on any atom is -0.387 e. The first-order chi connectivity index (χ1) is 8.42. The number of aliphatic hydroxyl groups is 1. The minimum absolute atomic E-state index is 0.327. The molecule has 1 unspecified atom stereocenters. The average Bonchev–Trinajstić information content (AvgIpc) is 3.06. The minimum atomic E-state index is -0.661. The van der Waals surface area contributed by atoms with Crippen LogP contribution in [0.25, 0.3) is 0 Å². The van der Waals surface area contributed by atoms with Gasteiger partial charge in [0.05, 0.1) is 5.60 Å². The Kier molecular flexibility index (Phi) is 4.02. The maximum Gasteiger partial charge on any atom is 0.0923 e. The summed E-state index contributed by atoms with van der Waals surface area (Å²) in [5.74, 6) is 0.432. The molecule has 3 N–H and O–H groups in total. The number of hydrogen-bond acceptors (Lipinski definition) is 4. The first-order valence-electron chi connectivity index (χ1n) is 7.20. The van der Waals surface area contributed by atoms with Gasteiger partial charge in [-0.3, -0.25) is 0 Å². The number of hydrogen-bond donors (Lipinski definition) is 2. The van der Waals surface area contributed by atoms with Crippen molar-refractivity contribution < 1.29 is 5.11 Å². The van der Waals surface area contributed by atoms with Gasteiger partial charge in [0, 0.05) is 25.2 Å². The molecule has 106 valence electrons. The molecule has 4 heteroatoms. The molecular formula is C14H29N3O. The highest BCUT2D eigenvalue weighted by Crippen LogP contribution is 2.41. The van der Waals surface area contributed by atoms with Crippen molar-refractivity contribution in [2.75, 3.05) is 40.8 Å². The molecule has 0 saturated heterocycles. The van der Waals surface area contributed by atoms with Crippen LogP contribution < -0.4 is 5.73 Å². The van der Waals surface area contributed by atoms with Crippen molar-refractivity contribution in [1.29, 1.82) is 0 Å². The molecule has 0 spiro atoms. The van der Waals surface area contributed by atoms with E-state index in [1.807, 2.05) is 0 Å². The molecule has 0 bridgehead atoms. The SMILES string of the molecule is CN(CC(O)(CN)C1CC1)CC1(N(C)C)CCC1. The quantitative estimate of drug-likeness (QED) is 0.696. The van der Waals surface area contributed by atoms with Gasteiger partial charge in [0.1, 0.15) is 0 Å². The van der Waals surface area contributed by atoms with E-state index in [0.29, 0.717) is 24.5 Å². The first kappa shape index (κ1) is 14.3. The maximum absolute atomic E-state index is 10.6. The van der Waals surface area contributed by atoms with Crippen LogP contribution >= 0.6 is 0 Å². The van der Waals surface area contributed by atoms with E-state index in [4.69, 9.17) is 5.73 Å². The van der Waals surface area contributed by atoms with Crippen molar-refractivity contribution in [1.82, 2.24) is 9.80 Å². The lowest BCUT2D eigenvalue weighted by molar-refractivity contribution is -0.0297. The zero-order valence-corrected chi connectivity index (χ0v) is 12.2. The van der Waals surface area contributed by atoms with Gasteiger partial charge in [0.2, 0.25) is 0 Å². The van der Waals surface area contributed by atoms with Gasteiger partial charge >= 0.3 is 0 Å². The molecule has 4 nitrogen and oxygen atoms in total. The van der Waals surface area contributed by atoms with E-state index < -0.39 is 5.60 Å². The van der Waals surface area contributed by atoms with E-state index >= 15 is 0 Å². The Hall–Kier alpha value is -0.160. The van der Waals surface area contributed by atoms with Crippen LogP contribution in [0, 0.1) is 5.92 Å². The van der Waals surface area contributed by atoms with E-state index in [1.54, 1.807) is 0 Å². The standard InChI is InChI=1S/C14H29N3O/c1-16(2)13(7-4-8-13)10-17(3)11-14(18,9-15)12-5-6-12/h12,18H,4-11,15H2,1-3H3. The molecule has 0 aromatic rings. The summed E-state index contributed by atoms with van der Waals surface area (Å²) >= 11 is 0. The first-order valence-corrected chi connectivity index (χ1v) is 7.20. The summed E-state index contributed by atoms with van der Waals surface area (Å²) in [5.41, 5.74) is 5.45. The van der Waals surface area contributed by atoms with Crippen molar-refractivity contribution >= 4 is 0 Å². The highest BCUT2D eigenvalue weighted by Gasteiger charge is 2.45. The molecule has 0 amide bonds. The number of nitrogens with zero attached hydrogens (tertiary/aromatic N) is 2. The molecule has 0 aromatic heterocycles. The smallest absolute Gasteiger partial charge is 0.0923 e. The Morgan fingerprint density at radius 2 is 1.89 bits per heavy atom. The van der Waals surface area contributed by atoms with Crippen LogP contribution in [-0.2, 0) is 0 Å². The number of rotatable bonds is 7. The van der Waals surface area contributed by atoms with Gasteiger partial charge in [-0.25, -0.2) is 0 Å². The van der Waals surface area contributed by atoms with Crippen LogP contribution in [0.15, 0.2) is 0 Å². The van der Waals surface area contributed by atoms with Crippen LogP contribution in [0.2, 0.25) is 0 Å². The monoisotopic (exact) mass is 255 g/mol. The van der Waals surface area contributed by atoms with Crippen LogP contribution in [0.1, 0.15) is 32.1 Å². The predicted octanol–water partition coefficient (Wildman–Crippen LogP) is 0.502. The Bertz CT molecular complexity index is 275. The lowest BCUT2D eigenvalue weighted by Gasteiger charge is -2.50. The molecule has 1 atom stereocenters. The van der Waals surface area contributed by atoms with Crippen LogP contribution in [0.4, 0.5) is 0 Å². The van der Waals surface area contributed by atoms with Gasteiger partial charge in [-0.05, 0) is 59.2 Å². The second-order valence-electron chi connectivity index (χ2n) is 6.73. The Morgan fingerprint density at radius 1 is 1.28 bits per heavy atom. The summed E-state index contributed by atoms with van der Waals surface area (Å²) < 4.78 is 0. The third kappa shape index (κ3) is 2.72. The second-order valence-corrected chi connectivity index (χ2v) is 6.73. The molecule has 2 fully saturated rings. The zero-order chi connectivity index (χ0) is 13.4. The van der Waals surface area contributed by atoms with Crippen LogP contribution in [-0.4, -0.2) is 66.8 Å². The fourth-order valence-corrected chi connectivity index (χ4v) is 3.34. The summed E-state index contributed by atoms with van der Waals surface area (Å²) in [6.07, 6.45) is 6.15. The molecular weight excluding hydrogens is 226 g/mol. The predicted molar refractivity (Wildman–Crippen MR) is 74.5 cm³/mol. The van der Waals surface area contributed by atoms with E-state index in [-0.39, 0.29) is 0 Å². The fourth-order valence-electron chi connectivity index (χ4n) is 3.34. The normalized spacial score (nSPS) is 26.2. The van der Waals surface area contributed by atoms with Crippen LogP contribution in [0.5, 0.6) is 0 Å². The summed E-state index contributed by atoms with van der Waals surface area (Å²) in [7, 11) is 6.46. The highest BCUT2D eigenvalue weighted by atomic mass is 16.3. The maximum atomic E-state index is 10.6. The summed E-state index contributed by atoms with van der Waals surface area (Å²) in [6.45, 7) is 2.13. The largest absolute Gasteiger partial charge is 0.387 e.